The lowest BCUT2D eigenvalue weighted by atomic mass is 10.1. The molecule has 4 N–H and O–H groups in total. The molecule has 1 aromatic carbocycles. The first-order chi connectivity index (χ1) is 15.3. The summed E-state index contributed by atoms with van der Waals surface area (Å²) in [7, 11) is -2.85. The van der Waals surface area contributed by atoms with Gasteiger partial charge in [-0.05, 0) is 18.6 Å². The van der Waals surface area contributed by atoms with Crippen molar-refractivity contribution in [3.63, 3.8) is 0 Å². The first-order valence-corrected chi connectivity index (χ1v) is 11.5. The molecule has 0 saturated carbocycles. The van der Waals surface area contributed by atoms with Gasteiger partial charge in [0, 0.05) is 12.7 Å². The molecule has 1 aliphatic rings. The minimum atomic E-state index is -4.24. The number of aliphatic hydroxyl groups excluding tert-OH is 1. The maximum Gasteiger partial charge on any atom is 0.325 e. The third-order valence-corrected chi connectivity index (χ3v) is 6.03. The van der Waals surface area contributed by atoms with Crippen LogP contribution in [0.4, 0.5) is 5.82 Å². The number of hydrogen-bond donors (Lipinski definition) is 4. The van der Waals surface area contributed by atoms with Crippen LogP contribution in [-0.4, -0.2) is 71.9 Å². The number of fused-ring (bicyclic) bond motifs is 1. The lowest BCUT2D eigenvalue weighted by Gasteiger charge is -2.18. The number of aliphatic hydroxyl groups is 1. The van der Waals surface area contributed by atoms with Crippen molar-refractivity contribution in [1.82, 2.24) is 19.5 Å². The van der Waals surface area contributed by atoms with Gasteiger partial charge in [-0.3, -0.25) is 13.9 Å². The van der Waals surface area contributed by atoms with Gasteiger partial charge < -0.3 is 29.7 Å². The molecule has 3 aromatic rings. The number of ether oxygens (including phenoxy) is 2. The van der Waals surface area contributed by atoms with Gasteiger partial charge in [0.25, 0.3) is 5.91 Å². The smallest absolute Gasteiger partial charge is 0.325 e. The second kappa shape index (κ2) is 9.02. The topological polar surface area (TPSA) is 169 Å². The van der Waals surface area contributed by atoms with Crippen LogP contribution in [0.5, 0.6) is 0 Å². The predicted octanol–water partition coefficient (Wildman–Crippen LogP) is 0.920. The van der Waals surface area contributed by atoms with Crippen molar-refractivity contribution >= 4 is 30.5 Å². The van der Waals surface area contributed by atoms with Gasteiger partial charge >= 0.3 is 7.60 Å². The van der Waals surface area contributed by atoms with Crippen LogP contribution in [0.1, 0.15) is 23.0 Å². The quantitative estimate of drug-likeness (QED) is 0.370. The highest BCUT2D eigenvalue weighted by Crippen LogP contribution is 2.40. The Labute approximate surface area is 182 Å². The number of hydrogen-bond acceptors (Lipinski definition) is 8. The zero-order valence-corrected chi connectivity index (χ0v) is 17.9. The van der Waals surface area contributed by atoms with Gasteiger partial charge in [0.2, 0.25) is 0 Å². The van der Waals surface area contributed by atoms with E-state index < -0.39 is 38.3 Å². The number of carbonyl (C=O) groups is 1. The summed E-state index contributed by atoms with van der Waals surface area (Å²) in [5.41, 5.74) is 1.04. The number of methoxy groups -OCH3 is 1. The Bertz CT molecular complexity index is 1150. The summed E-state index contributed by atoms with van der Waals surface area (Å²) < 4.78 is 23.9. The molecule has 32 heavy (non-hydrogen) atoms. The molecule has 1 amide bonds. The summed E-state index contributed by atoms with van der Waals surface area (Å²) in [6.45, 7) is 0. The number of anilines is 1. The molecule has 0 unspecified atom stereocenters. The first-order valence-electron chi connectivity index (χ1n) is 9.73. The average molecular weight is 463 g/mol. The Balaban J connectivity index is 1.59. The van der Waals surface area contributed by atoms with Gasteiger partial charge in [-0.25, -0.2) is 15.0 Å². The van der Waals surface area contributed by atoms with Crippen LogP contribution in [0.3, 0.4) is 0 Å². The van der Waals surface area contributed by atoms with E-state index in [1.54, 1.807) is 30.3 Å². The van der Waals surface area contributed by atoms with E-state index in [0.717, 1.165) is 0 Å². The van der Waals surface area contributed by atoms with Crippen molar-refractivity contribution in [2.45, 2.75) is 31.0 Å². The van der Waals surface area contributed by atoms with Gasteiger partial charge in [0.05, 0.1) is 18.6 Å². The molecule has 0 spiro atoms. The van der Waals surface area contributed by atoms with E-state index in [4.69, 9.17) is 19.3 Å². The lowest BCUT2D eigenvalue weighted by Crippen LogP contribution is -2.33. The zero-order chi connectivity index (χ0) is 22.9. The number of nitrogens with one attached hydrogen (secondary N) is 1. The van der Waals surface area contributed by atoms with Crippen molar-refractivity contribution in [1.29, 1.82) is 0 Å². The van der Waals surface area contributed by atoms with Gasteiger partial charge in [-0.1, -0.05) is 18.2 Å². The number of carbonyl (C=O) groups excluding carboxylic acids is 1. The van der Waals surface area contributed by atoms with E-state index in [-0.39, 0.29) is 18.1 Å². The maximum absolute atomic E-state index is 12.5. The Morgan fingerprint density at radius 1 is 1.25 bits per heavy atom. The summed E-state index contributed by atoms with van der Waals surface area (Å²) in [5.74, 6) is -0.175. The molecule has 3 heterocycles. The molecule has 0 aliphatic carbocycles. The monoisotopic (exact) mass is 463 g/mol. The highest BCUT2D eigenvalue weighted by molar-refractivity contribution is 7.51. The van der Waals surface area contributed by atoms with Crippen LogP contribution in [-0.2, 0) is 14.0 Å². The summed E-state index contributed by atoms with van der Waals surface area (Å²) >= 11 is 0. The Hall–Kier alpha value is -2.73. The summed E-state index contributed by atoms with van der Waals surface area (Å²) in [6.07, 6.45) is -1.41. The number of nitrogens with zero attached hydrogens (tertiary/aromatic N) is 4. The van der Waals surface area contributed by atoms with Crippen LogP contribution < -0.4 is 5.32 Å². The van der Waals surface area contributed by atoms with E-state index >= 15 is 0 Å². The normalized spacial score (nSPS) is 23.5. The van der Waals surface area contributed by atoms with Crippen LogP contribution in [0.25, 0.3) is 11.2 Å². The molecular formula is C19H22N5O7P. The van der Waals surface area contributed by atoms with Crippen molar-refractivity contribution in [3.8, 4) is 0 Å². The van der Waals surface area contributed by atoms with Gasteiger partial charge in [-0.15, -0.1) is 0 Å². The zero-order valence-electron chi connectivity index (χ0n) is 17.0. The fourth-order valence-electron chi connectivity index (χ4n) is 3.67. The van der Waals surface area contributed by atoms with E-state index in [9.17, 15) is 14.5 Å². The number of benzene rings is 1. The average Bonchev–Trinajstić information content (AvgIpc) is 3.33. The van der Waals surface area contributed by atoms with E-state index in [0.29, 0.717) is 16.7 Å². The maximum atomic E-state index is 12.5. The molecule has 4 rings (SSSR count). The van der Waals surface area contributed by atoms with Crippen molar-refractivity contribution in [3.05, 3.63) is 48.5 Å². The van der Waals surface area contributed by atoms with Crippen LogP contribution in [0.15, 0.2) is 43.0 Å². The van der Waals surface area contributed by atoms with Gasteiger partial charge in [0.15, 0.2) is 23.2 Å². The fraction of sp³-hybridized carbons (Fsp3) is 0.368. The highest BCUT2D eigenvalue weighted by atomic mass is 31.2. The molecule has 1 aliphatic heterocycles. The standard InChI is InChI=1S/C19H22N5O7P/c1-30-15-12(7-8-32(27,28)29)31-19(14(15)25)24-10-22-13-16(20-9-21-17(13)24)23-18(26)11-5-3-2-4-6-11/h2-6,9-10,12,14-15,19,25H,7-8H2,1H3,(H2,27,28,29)(H,20,21,23,26)/t12-,14-,15-,19-/m1/s1. The second-order valence-corrected chi connectivity index (χ2v) is 9.08. The van der Waals surface area contributed by atoms with E-state index in [2.05, 4.69) is 20.3 Å². The second-order valence-electron chi connectivity index (χ2n) is 7.30. The molecule has 1 fully saturated rings. The van der Waals surface area contributed by atoms with Crippen LogP contribution in [0, 0.1) is 0 Å². The van der Waals surface area contributed by atoms with Gasteiger partial charge in [-0.2, -0.15) is 0 Å². The summed E-state index contributed by atoms with van der Waals surface area (Å²) in [6, 6.07) is 8.62. The van der Waals surface area contributed by atoms with E-state index in [1.165, 1.54) is 24.3 Å². The summed E-state index contributed by atoms with van der Waals surface area (Å²) in [4.78, 5) is 43.4. The first kappa shape index (κ1) is 22.5. The molecule has 2 aromatic heterocycles. The third kappa shape index (κ3) is 4.56. The third-order valence-electron chi connectivity index (χ3n) is 5.19. The molecule has 0 radical (unpaired) electrons. The Morgan fingerprint density at radius 3 is 2.69 bits per heavy atom. The number of imidazole rings is 1. The van der Waals surface area contributed by atoms with Crippen molar-refractivity contribution in [2.75, 3.05) is 18.6 Å². The molecular weight excluding hydrogens is 441 g/mol. The molecule has 170 valence electrons. The molecule has 0 bridgehead atoms. The number of aromatic nitrogens is 4. The largest absolute Gasteiger partial charge is 0.386 e. The van der Waals surface area contributed by atoms with Crippen LogP contribution >= 0.6 is 7.60 Å². The SMILES string of the molecule is CO[C@H]1[C@@H](O)[C@H](n2cnc3c(NC(=O)c4ccccc4)ncnc32)O[C@@H]1CCP(=O)(O)O. The molecule has 12 nitrogen and oxygen atoms in total. The van der Waals surface area contributed by atoms with Crippen LogP contribution in [0.2, 0.25) is 0 Å². The van der Waals surface area contributed by atoms with Crippen molar-refractivity contribution in [2.24, 2.45) is 0 Å². The molecule has 13 heteroatoms. The van der Waals surface area contributed by atoms with Crippen molar-refractivity contribution < 1.29 is 33.7 Å². The summed E-state index contributed by atoms with van der Waals surface area (Å²) in [5, 5.41) is 13.4. The number of rotatable bonds is 7. The fourth-order valence-corrected chi connectivity index (χ4v) is 4.26. The molecule has 4 atom stereocenters. The highest BCUT2D eigenvalue weighted by Gasteiger charge is 2.45. The lowest BCUT2D eigenvalue weighted by molar-refractivity contribution is -0.0356. The minimum Gasteiger partial charge on any atom is -0.386 e. The Morgan fingerprint density at radius 2 is 2.00 bits per heavy atom. The van der Waals surface area contributed by atoms with E-state index in [1.807, 2.05) is 0 Å². The number of amides is 1. The molecule has 1 saturated heterocycles. The van der Waals surface area contributed by atoms with Gasteiger partial charge in [0.1, 0.15) is 18.5 Å². The Kier molecular flexibility index (Phi) is 6.33. The minimum absolute atomic E-state index is 0.00363. The predicted molar refractivity (Wildman–Crippen MR) is 112 cm³/mol.